The molecule has 0 radical (unpaired) electrons. The van der Waals surface area contributed by atoms with Crippen LogP contribution in [0.3, 0.4) is 0 Å². The smallest absolute Gasteiger partial charge is 0.301 e. The van der Waals surface area contributed by atoms with Crippen molar-refractivity contribution in [2.75, 3.05) is 32.9 Å². The Kier molecular flexibility index (Phi) is 8.81. The van der Waals surface area contributed by atoms with Gasteiger partial charge in [0.15, 0.2) is 5.69 Å². The standard InChI is InChI=1S/C26H30FN5O5/c1-2-3-12-37-24-23(25(34)30-29-22(33)15-18-4-7-20(27)8-5-18)28-21-9-6-19(17-32(21)26(24)35)16-31-10-13-36-14-11-31/h4-9,17H,2-3,10-16H2,1H3,(H,29,33)(H,30,34). The first-order valence-electron chi connectivity index (χ1n) is 12.3. The summed E-state index contributed by atoms with van der Waals surface area (Å²) in [6.45, 7) is 5.83. The molecule has 1 aromatic carbocycles. The van der Waals surface area contributed by atoms with Gasteiger partial charge in [0.25, 0.3) is 5.91 Å². The van der Waals surface area contributed by atoms with E-state index < -0.39 is 23.2 Å². The van der Waals surface area contributed by atoms with Crippen LogP contribution in [0.25, 0.3) is 5.65 Å². The fourth-order valence-electron chi connectivity index (χ4n) is 3.90. The number of nitrogens with zero attached hydrogens (tertiary/aromatic N) is 3. The van der Waals surface area contributed by atoms with Crippen LogP contribution in [0.5, 0.6) is 5.75 Å². The zero-order valence-electron chi connectivity index (χ0n) is 20.7. The molecular formula is C26H30FN5O5. The Hall–Kier alpha value is -3.83. The van der Waals surface area contributed by atoms with Gasteiger partial charge in [-0.15, -0.1) is 0 Å². The van der Waals surface area contributed by atoms with Crippen LogP contribution in [0.15, 0.2) is 47.4 Å². The summed E-state index contributed by atoms with van der Waals surface area (Å²) in [5.74, 6) is -1.88. The van der Waals surface area contributed by atoms with Gasteiger partial charge in [-0.2, -0.15) is 0 Å². The van der Waals surface area contributed by atoms with E-state index in [0.29, 0.717) is 31.7 Å². The van der Waals surface area contributed by atoms with Crippen LogP contribution < -0.4 is 21.1 Å². The molecule has 3 aromatic rings. The van der Waals surface area contributed by atoms with Crippen molar-refractivity contribution in [3.05, 3.63) is 75.6 Å². The Balaban J connectivity index is 1.53. The fourth-order valence-corrected chi connectivity index (χ4v) is 3.90. The molecule has 1 saturated heterocycles. The number of rotatable bonds is 9. The minimum atomic E-state index is -0.782. The van der Waals surface area contributed by atoms with Crippen LogP contribution >= 0.6 is 0 Å². The molecule has 2 aromatic heterocycles. The molecule has 196 valence electrons. The Labute approximate surface area is 213 Å². The van der Waals surface area contributed by atoms with Crippen molar-refractivity contribution in [2.45, 2.75) is 32.7 Å². The lowest BCUT2D eigenvalue weighted by Gasteiger charge is -2.26. The first-order valence-corrected chi connectivity index (χ1v) is 12.3. The highest BCUT2D eigenvalue weighted by molar-refractivity contribution is 5.96. The maximum atomic E-state index is 13.4. The molecule has 1 aliphatic heterocycles. The number of morpholine rings is 1. The monoisotopic (exact) mass is 511 g/mol. The predicted octanol–water partition coefficient (Wildman–Crippen LogP) is 1.85. The van der Waals surface area contributed by atoms with Gasteiger partial charge in [0, 0.05) is 25.8 Å². The first kappa shape index (κ1) is 26.2. The number of benzene rings is 1. The number of aromatic nitrogens is 2. The Morgan fingerprint density at radius 2 is 1.81 bits per heavy atom. The van der Waals surface area contributed by atoms with E-state index in [9.17, 15) is 18.8 Å². The number of hydrazine groups is 1. The summed E-state index contributed by atoms with van der Waals surface area (Å²) in [6, 6.07) is 9.00. The zero-order valence-corrected chi connectivity index (χ0v) is 20.7. The van der Waals surface area contributed by atoms with Crippen molar-refractivity contribution in [3.8, 4) is 5.75 Å². The minimum Gasteiger partial charge on any atom is -0.486 e. The number of fused-ring (bicyclic) bond motifs is 1. The lowest BCUT2D eigenvalue weighted by atomic mass is 10.1. The number of unbranched alkanes of at least 4 members (excludes halogenated alkanes) is 1. The number of hydrogen-bond donors (Lipinski definition) is 2. The molecule has 11 heteroatoms. The normalized spacial score (nSPS) is 13.9. The van der Waals surface area contributed by atoms with E-state index in [-0.39, 0.29) is 30.1 Å². The van der Waals surface area contributed by atoms with Crippen LogP contribution in [-0.4, -0.2) is 59.0 Å². The van der Waals surface area contributed by atoms with Crippen LogP contribution in [0.2, 0.25) is 0 Å². The molecule has 0 atom stereocenters. The predicted molar refractivity (Wildman–Crippen MR) is 134 cm³/mol. The van der Waals surface area contributed by atoms with Gasteiger partial charge in [-0.05, 0) is 35.7 Å². The summed E-state index contributed by atoms with van der Waals surface area (Å²) in [5.41, 5.74) is 5.65. The largest absolute Gasteiger partial charge is 0.486 e. The molecule has 0 bridgehead atoms. The maximum absolute atomic E-state index is 13.4. The molecule has 37 heavy (non-hydrogen) atoms. The molecule has 1 fully saturated rings. The molecule has 2 amide bonds. The summed E-state index contributed by atoms with van der Waals surface area (Å²) in [5, 5.41) is 0. The lowest BCUT2D eigenvalue weighted by Crippen LogP contribution is -2.43. The number of carbonyl (C=O) groups excluding carboxylic acids is 2. The number of carbonyl (C=O) groups is 2. The quantitative estimate of drug-likeness (QED) is 0.333. The third kappa shape index (κ3) is 6.89. The van der Waals surface area contributed by atoms with Crippen LogP contribution in [0.1, 0.15) is 41.4 Å². The van der Waals surface area contributed by atoms with Crippen molar-refractivity contribution in [1.29, 1.82) is 0 Å². The number of halogens is 1. The van der Waals surface area contributed by atoms with E-state index >= 15 is 0 Å². The average Bonchev–Trinajstić information content (AvgIpc) is 2.90. The highest BCUT2D eigenvalue weighted by Crippen LogP contribution is 2.15. The van der Waals surface area contributed by atoms with Gasteiger partial charge < -0.3 is 9.47 Å². The maximum Gasteiger partial charge on any atom is 0.301 e. The molecule has 2 N–H and O–H groups in total. The molecule has 10 nitrogen and oxygen atoms in total. The van der Waals surface area contributed by atoms with Crippen molar-refractivity contribution >= 4 is 17.5 Å². The van der Waals surface area contributed by atoms with Crippen molar-refractivity contribution in [3.63, 3.8) is 0 Å². The topological polar surface area (TPSA) is 114 Å². The van der Waals surface area contributed by atoms with Gasteiger partial charge >= 0.3 is 5.56 Å². The van der Waals surface area contributed by atoms with E-state index in [4.69, 9.17) is 9.47 Å². The third-order valence-electron chi connectivity index (χ3n) is 5.91. The molecule has 0 spiro atoms. The van der Waals surface area contributed by atoms with Crippen LogP contribution in [0, 0.1) is 5.82 Å². The summed E-state index contributed by atoms with van der Waals surface area (Å²) < 4.78 is 25.6. The van der Waals surface area contributed by atoms with E-state index in [1.54, 1.807) is 12.3 Å². The molecule has 3 heterocycles. The second kappa shape index (κ2) is 12.4. The van der Waals surface area contributed by atoms with Crippen molar-refractivity contribution in [2.24, 2.45) is 0 Å². The zero-order chi connectivity index (χ0) is 26.2. The highest BCUT2D eigenvalue weighted by atomic mass is 19.1. The number of nitrogens with one attached hydrogen (secondary N) is 2. The summed E-state index contributed by atoms with van der Waals surface area (Å²) >= 11 is 0. The highest BCUT2D eigenvalue weighted by Gasteiger charge is 2.22. The number of hydrogen-bond acceptors (Lipinski definition) is 7. The summed E-state index contributed by atoms with van der Waals surface area (Å²) in [7, 11) is 0. The van der Waals surface area contributed by atoms with Crippen LogP contribution in [0.4, 0.5) is 4.39 Å². The second-order valence-electron chi connectivity index (χ2n) is 8.76. The summed E-state index contributed by atoms with van der Waals surface area (Å²) in [4.78, 5) is 45.2. The van der Waals surface area contributed by atoms with Crippen molar-refractivity contribution in [1.82, 2.24) is 25.1 Å². The molecule has 0 aliphatic carbocycles. The second-order valence-corrected chi connectivity index (χ2v) is 8.76. The number of ether oxygens (including phenoxy) is 2. The van der Waals surface area contributed by atoms with Gasteiger partial charge in [0.2, 0.25) is 11.7 Å². The summed E-state index contributed by atoms with van der Waals surface area (Å²) in [6.07, 6.45) is 3.17. The van der Waals surface area contributed by atoms with Gasteiger partial charge in [0.05, 0.1) is 26.2 Å². The number of amides is 2. The first-order chi connectivity index (χ1) is 17.9. The number of pyridine rings is 1. The van der Waals surface area contributed by atoms with E-state index in [0.717, 1.165) is 25.1 Å². The van der Waals surface area contributed by atoms with E-state index in [2.05, 4.69) is 20.7 Å². The average molecular weight is 512 g/mol. The SMILES string of the molecule is CCCCOc1c(C(=O)NNC(=O)Cc2ccc(F)cc2)nc2ccc(CN3CCOCC3)cn2c1=O. The molecule has 1 aliphatic rings. The molecule has 0 saturated carbocycles. The Morgan fingerprint density at radius 1 is 1.08 bits per heavy atom. The molecule has 4 rings (SSSR count). The van der Waals surface area contributed by atoms with E-state index in [1.807, 2.05) is 13.0 Å². The van der Waals surface area contributed by atoms with Crippen LogP contribution in [-0.2, 0) is 22.5 Å². The Morgan fingerprint density at radius 3 is 2.54 bits per heavy atom. The van der Waals surface area contributed by atoms with Crippen molar-refractivity contribution < 1.29 is 23.5 Å². The fraction of sp³-hybridized carbons (Fsp3) is 0.385. The lowest BCUT2D eigenvalue weighted by molar-refractivity contribution is -0.121. The van der Waals surface area contributed by atoms with Gasteiger partial charge in [-0.3, -0.25) is 34.5 Å². The van der Waals surface area contributed by atoms with Gasteiger partial charge in [0.1, 0.15) is 11.5 Å². The Bertz CT molecular complexity index is 1310. The van der Waals surface area contributed by atoms with E-state index in [1.165, 1.54) is 28.7 Å². The third-order valence-corrected chi connectivity index (χ3v) is 5.91. The molecule has 0 unspecified atom stereocenters. The van der Waals surface area contributed by atoms with Gasteiger partial charge in [-0.1, -0.05) is 31.5 Å². The molecular weight excluding hydrogens is 481 g/mol. The minimum absolute atomic E-state index is 0.0693. The van der Waals surface area contributed by atoms with Gasteiger partial charge in [-0.25, -0.2) is 9.37 Å².